The van der Waals surface area contributed by atoms with Gasteiger partial charge in [-0.25, -0.2) is 4.98 Å². The molecule has 3 nitrogen and oxygen atoms in total. The summed E-state index contributed by atoms with van der Waals surface area (Å²) in [6.45, 7) is 10.1. The van der Waals surface area contributed by atoms with Crippen LogP contribution in [0.5, 0.6) is 5.88 Å². The molecule has 0 aliphatic carbocycles. The van der Waals surface area contributed by atoms with Crippen molar-refractivity contribution in [1.29, 1.82) is 0 Å². The van der Waals surface area contributed by atoms with Gasteiger partial charge in [-0.1, -0.05) is 13.8 Å². The first-order chi connectivity index (χ1) is 6.49. The van der Waals surface area contributed by atoms with E-state index in [9.17, 15) is 0 Å². The van der Waals surface area contributed by atoms with Gasteiger partial charge in [0, 0.05) is 6.07 Å². The molecule has 0 N–H and O–H groups in total. The number of hydrogen-bond acceptors (Lipinski definition) is 3. The molecule has 0 radical (unpaired) electrons. The van der Waals surface area contributed by atoms with Gasteiger partial charge in [0.25, 0.3) is 0 Å². The third kappa shape index (κ3) is 2.98. The number of rotatable bonds is 3. The van der Waals surface area contributed by atoms with Crippen LogP contribution in [0.3, 0.4) is 0 Å². The first-order valence-electron chi connectivity index (χ1n) is 5.01. The van der Waals surface area contributed by atoms with Gasteiger partial charge < -0.3 is 4.74 Å². The van der Waals surface area contributed by atoms with Gasteiger partial charge in [0.15, 0.2) is 0 Å². The number of aromatic nitrogens is 2. The molecule has 0 aliphatic rings. The zero-order valence-electron chi connectivity index (χ0n) is 9.53. The molecule has 0 saturated heterocycles. The second-order valence-corrected chi connectivity index (χ2v) is 4.00. The van der Waals surface area contributed by atoms with Crippen molar-refractivity contribution in [3.05, 3.63) is 17.6 Å². The first-order valence-corrected chi connectivity index (χ1v) is 5.01. The first kappa shape index (κ1) is 11.0. The lowest BCUT2D eigenvalue weighted by molar-refractivity contribution is 0.231. The Bertz CT molecular complexity index is 308. The van der Waals surface area contributed by atoms with Gasteiger partial charge in [0.05, 0.1) is 11.8 Å². The molecule has 0 spiro atoms. The van der Waals surface area contributed by atoms with E-state index in [0.717, 1.165) is 11.5 Å². The molecule has 0 unspecified atom stereocenters. The smallest absolute Gasteiger partial charge is 0.217 e. The van der Waals surface area contributed by atoms with Crippen LogP contribution < -0.4 is 4.74 Å². The summed E-state index contributed by atoms with van der Waals surface area (Å²) < 4.78 is 5.53. The van der Waals surface area contributed by atoms with Gasteiger partial charge in [-0.2, -0.15) is 4.98 Å². The van der Waals surface area contributed by atoms with E-state index in [1.807, 2.05) is 26.8 Å². The number of aryl methyl sites for hydroxylation is 1. The second-order valence-electron chi connectivity index (χ2n) is 4.00. The fraction of sp³-hybridized carbons (Fsp3) is 0.636. The topological polar surface area (TPSA) is 35.0 Å². The maximum Gasteiger partial charge on any atom is 0.217 e. The van der Waals surface area contributed by atoms with Crippen LogP contribution >= 0.6 is 0 Å². The minimum Gasteiger partial charge on any atom is -0.475 e. The van der Waals surface area contributed by atoms with E-state index in [1.165, 1.54) is 0 Å². The minimum absolute atomic E-state index is 0.157. The average Bonchev–Trinajstić information content (AvgIpc) is 2.01. The van der Waals surface area contributed by atoms with Crippen LogP contribution in [-0.4, -0.2) is 16.1 Å². The van der Waals surface area contributed by atoms with Crippen LogP contribution in [0.1, 0.15) is 45.1 Å². The molecule has 3 heteroatoms. The summed E-state index contributed by atoms with van der Waals surface area (Å²) in [4.78, 5) is 8.57. The molecule has 0 atom stereocenters. The van der Waals surface area contributed by atoms with Crippen molar-refractivity contribution in [2.75, 3.05) is 0 Å². The van der Waals surface area contributed by atoms with E-state index in [0.29, 0.717) is 11.8 Å². The molecule has 0 amide bonds. The van der Waals surface area contributed by atoms with E-state index in [1.54, 1.807) is 0 Å². The SMILES string of the molecule is Cc1nc(OC(C)C)cc(C(C)C)n1. The highest BCUT2D eigenvalue weighted by molar-refractivity contribution is 5.18. The van der Waals surface area contributed by atoms with E-state index in [-0.39, 0.29) is 6.10 Å². The molecular weight excluding hydrogens is 176 g/mol. The van der Waals surface area contributed by atoms with Crippen molar-refractivity contribution in [3.63, 3.8) is 0 Å². The molecule has 1 rings (SSSR count). The van der Waals surface area contributed by atoms with Crippen LogP contribution in [0.25, 0.3) is 0 Å². The normalized spacial score (nSPS) is 11.1. The summed E-state index contributed by atoms with van der Waals surface area (Å²) in [6.07, 6.45) is 0.157. The Morgan fingerprint density at radius 1 is 1.14 bits per heavy atom. The summed E-state index contributed by atoms with van der Waals surface area (Å²) >= 11 is 0. The summed E-state index contributed by atoms with van der Waals surface area (Å²) in [6, 6.07) is 1.91. The third-order valence-electron chi connectivity index (χ3n) is 1.78. The van der Waals surface area contributed by atoms with E-state index >= 15 is 0 Å². The predicted octanol–water partition coefficient (Wildman–Crippen LogP) is 2.70. The lowest BCUT2D eigenvalue weighted by Crippen LogP contribution is -2.09. The zero-order chi connectivity index (χ0) is 10.7. The monoisotopic (exact) mass is 194 g/mol. The number of hydrogen-bond donors (Lipinski definition) is 0. The third-order valence-corrected chi connectivity index (χ3v) is 1.78. The highest BCUT2D eigenvalue weighted by atomic mass is 16.5. The molecule has 0 bridgehead atoms. The second kappa shape index (κ2) is 4.40. The Hall–Kier alpha value is -1.12. The Balaban J connectivity index is 2.95. The van der Waals surface area contributed by atoms with Gasteiger partial charge in [-0.15, -0.1) is 0 Å². The number of nitrogens with zero attached hydrogens (tertiary/aromatic N) is 2. The fourth-order valence-corrected chi connectivity index (χ4v) is 1.16. The van der Waals surface area contributed by atoms with Crippen LogP contribution in [0.15, 0.2) is 6.07 Å². The van der Waals surface area contributed by atoms with Crippen LogP contribution in [0, 0.1) is 6.92 Å². The summed E-state index contributed by atoms with van der Waals surface area (Å²) in [5.41, 5.74) is 1.04. The van der Waals surface area contributed by atoms with Crippen LogP contribution in [0.4, 0.5) is 0 Å². The van der Waals surface area contributed by atoms with E-state index in [4.69, 9.17) is 4.74 Å². The highest BCUT2D eigenvalue weighted by Gasteiger charge is 2.07. The van der Waals surface area contributed by atoms with E-state index < -0.39 is 0 Å². The van der Waals surface area contributed by atoms with Crippen molar-refractivity contribution in [1.82, 2.24) is 9.97 Å². The maximum absolute atomic E-state index is 5.53. The zero-order valence-corrected chi connectivity index (χ0v) is 9.53. The quantitative estimate of drug-likeness (QED) is 0.742. The summed E-state index contributed by atoms with van der Waals surface area (Å²) in [7, 11) is 0. The Kier molecular flexibility index (Phi) is 3.44. The lowest BCUT2D eigenvalue weighted by atomic mass is 10.1. The van der Waals surface area contributed by atoms with Gasteiger partial charge >= 0.3 is 0 Å². The van der Waals surface area contributed by atoms with Crippen molar-refractivity contribution < 1.29 is 4.74 Å². The lowest BCUT2D eigenvalue weighted by Gasteiger charge is -2.11. The van der Waals surface area contributed by atoms with Crippen molar-refractivity contribution in [2.24, 2.45) is 0 Å². The van der Waals surface area contributed by atoms with E-state index in [2.05, 4.69) is 23.8 Å². The maximum atomic E-state index is 5.53. The molecule has 0 aromatic carbocycles. The minimum atomic E-state index is 0.157. The van der Waals surface area contributed by atoms with Crippen molar-refractivity contribution >= 4 is 0 Å². The van der Waals surface area contributed by atoms with Crippen LogP contribution in [-0.2, 0) is 0 Å². The van der Waals surface area contributed by atoms with Gasteiger partial charge in [-0.05, 0) is 26.7 Å². The molecule has 78 valence electrons. The number of ether oxygens (including phenoxy) is 1. The molecule has 1 aromatic heterocycles. The van der Waals surface area contributed by atoms with Gasteiger partial charge in [0.2, 0.25) is 5.88 Å². The van der Waals surface area contributed by atoms with Crippen molar-refractivity contribution in [3.8, 4) is 5.88 Å². The largest absolute Gasteiger partial charge is 0.475 e. The predicted molar refractivity (Wildman–Crippen MR) is 56.6 cm³/mol. The fourth-order valence-electron chi connectivity index (χ4n) is 1.16. The molecule has 14 heavy (non-hydrogen) atoms. The molecule has 1 heterocycles. The molecule has 0 saturated carbocycles. The summed E-state index contributed by atoms with van der Waals surface area (Å²) in [5, 5.41) is 0. The molecule has 0 fully saturated rings. The highest BCUT2D eigenvalue weighted by Crippen LogP contribution is 2.17. The Morgan fingerprint density at radius 3 is 2.29 bits per heavy atom. The molecule has 0 aliphatic heterocycles. The average molecular weight is 194 g/mol. The Morgan fingerprint density at radius 2 is 1.79 bits per heavy atom. The standard InChI is InChI=1S/C11H18N2O/c1-7(2)10-6-11(14-8(3)4)13-9(5)12-10/h6-8H,1-5H3. The summed E-state index contributed by atoms with van der Waals surface area (Å²) in [5.74, 6) is 1.86. The van der Waals surface area contributed by atoms with Crippen LogP contribution in [0.2, 0.25) is 0 Å². The van der Waals surface area contributed by atoms with Gasteiger partial charge in [0.1, 0.15) is 5.82 Å². The molecular formula is C11H18N2O. The molecule has 1 aromatic rings. The van der Waals surface area contributed by atoms with Crippen molar-refractivity contribution in [2.45, 2.75) is 46.6 Å². The van der Waals surface area contributed by atoms with Gasteiger partial charge in [-0.3, -0.25) is 0 Å². The Labute approximate surface area is 85.5 Å².